The Bertz CT molecular complexity index is 138. The van der Waals surface area contributed by atoms with Crippen LogP contribution in [0, 0.1) is 0 Å². The molecule has 0 aliphatic rings. The fourth-order valence-corrected chi connectivity index (χ4v) is 1.08. The van der Waals surface area contributed by atoms with Gasteiger partial charge < -0.3 is 10.6 Å². The van der Waals surface area contributed by atoms with Crippen LogP contribution in [0.15, 0.2) is 0 Å². The molecule has 0 heterocycles. The molecule has 0 aromatic heterocycles. The second-order valence-corrected chi connectivity index (χ2v) is 5.28. The van der Waals surface area contributed by atoms with Crippen molar-refractivity contribution in [2.45, 2.75) is 79.3 Å². The fraction of sp³-hybridized carbons (Fsp3) is 1.00. The molecule has 0 rings (SSSR count). The van der Waals surface area contributed by atoms with Gasteiger partial charge in [-0.05, 0) is 0 Å². The van der Waals surface area contributed by atoms with Gasteiger partial charge in [-0.15, -0.1) is 11.1 Å². The van der Waals surface area contributed by atoms with Crippen LogP contribution in [0.3, 0.4) is 0 Å². The van der Waals surface area contributed by atoms with Gasteiger partial charge in [0.25, 0.3) is 0 Å². The summed E-state index contributed by atoms with van der Waals surface area (Å²) in [5.41, 5.74) is 0.434. The van der Waals surface area contributed by atoms with Crippen LogP contribution in [0.4, 0.5) is 0 Å². The van der Waals surface area contributed by atoms with E-state index in [1.165, 1.54) is 0 Å². The summed E-state index contributed by atoms with van der Waals surface area (Å²) < 4.78 is 0. The van der Waals surface area contributed by atoms with Gasteiger partial charge in [-0.25, -0.2) is 0 Å². The van der Waals surface area contributed by atoms with Crippen molar-refractivity contribution in [3.05, 3.63) is 10.6 Å². The largest absolute Gasteiger partial charge is 2.00 e. The van der Waals surface area contributed by atoms with Crippen LogP contribution in [0.1, 0.15) is 68.2 Å². The van der Waals surface area contributed by atoms with E-state index in [2.05, 4.69) is 66.0 Å². The van der Waals surface area contributed by atoms with Crippen LogP contribution < -0.4 is 0 Å². The third-order valence-electron chi connectivity index (χ3n) is 2.90. The number of hydrogen-bond donors (Lipinski definition) is 0. The quantitative estimate of drug-likeness (QED) is 0.610. The molecular formula is C14H32MgN2. The minimum atomic E-state index is 0. The summed E-state index contributed by atoms with van der Waals surface area (Å²) in [6.07, 6.45) is 2.28. The van der Waals surface area contributed by atoms with E-state index in [0.717, 1.165) is 25.9 Å². The summed E-state index contributed by atoms with van der Waals surface area (Å²) in [6.45, 7) is 19.0. The molecule has 0 saturated heterocycles. The molecule has 0 spiro atoms. The summed E-state index contributed by atoms with van der Waals surface area (Å²) in [7, 11) is 0. The molecule has 0 radical (unpaired) electrons. The Morgan fingerprint density at radius 2 is 0.882 bits per heavy atom. The third-order valence-corrected chi connectivity index (χ3v) is 2.90. The molecule has 0 aromatic rings. The van der Waals surface area contributed by atoms with E-state index in [1.807, 2.05) is 0 Å². The van der Waals surface area contributed by atoms with E-state index < -0.39 is 0 Å². The van der Waals surface area contributed by atoms with Gasteiger partial charge in [-0.3, -0.25) is 0 Å². The van der Waals surface area contributed by atoms with Crippen LogP contribution in [0.5, 0.6) is 0 Å². The van der Waals surface area contributed by atoms with Crippen LogP contribution in [-0.2, 0) is 0 Å². The zero-order valence-corrected chi connectivity index (χ0v) is 14.8. The van der Waals surface area contributed by atoms with E-state index in [9.17, 15) is 0 Å². The standard InChI is InChI=1S/2C7H16N.Mg/c2*1-5-7(3,4)8-6-2;/h2*5-6H2,1-4H3;/q2*-1;+2. The van der Waals surface area contributed by atoms with E-state index in [4.69, 9.17) is 0 Å². The molecule has 0 atom stereocenters. The van der Waals surface area contributed by atoms with Gasteiger partial charge in [-0.1, -0.05) is 68.2 Å². The van der Waals surface area contributed by atoms with Crippen molar-refractivity contribution < 1.29 is 0 Å². The van der Waals surface area contributed by atoms with Gasteiger partial charge in [0.2, 0.25) is 0 Å². The van der Waals surface area contributed by atoms with Crippen molar-refractivity contribution in [2.75, 3.05) is 13.1 Å². The van der Waals surface area contributed by atoms with Crippen molar-refractivity contribution in [2.24, 2.45) is 0 Å². The zero-order chi connectivity index (χ0) is 13.2. The van der Waals surface area contributed by atoms with E-state index in [1.54, 1.807) is 0 Å². The molecule has 100 valence electrons. The fourth-order valence-electron chi connectivity index (χ4n) is 1.08. The van der Waals surface area contributed by atoms with Crippen LogP contribution in [0.2, 0.25) is 0 Å². The van der Waals surface area contributed by atoms with Crippen molar-refractivity contribution in [3.63, 3.8) is 0 Å². The second-order valence-electron chi connectivity index (χ2n) is 5.28. The van der Waals surface area contributed by atoms with Gasteiger partial charge in [0.1, 0.15) is 0 Å². The summed E-state index contributed by atoms with van der Waals surface area (Å²) in [5, 5.41) is 8.75. The maximum atomic E-state index is 4.38. The molecule has 0 saturated carbocycles. The van der Waals surface area contributed by atoms with Crippen molar-refractivity contribution in [1.82, 2.24) is 0 Å². The summed E-state index contributed by atoms with van der Waals surface area (Å²) in [5.74, 6) is 0. The predicted molar refractivity (Wildman–Crippen MR) is 82.3 cm³/mol. The molecule has 0 fully saturated rings. The Morgan fingerprint density at radius 1 is 0.647 bits per heavy atom. The van der Waals surface area contributed by atoms with Crippen LogP contribution >= 0.6 is 0 Å². The predicted octanol–water partition coefficient (Wildman–Crippen LogP) is 4.76. The first-order valence-electron chi connectivity index (χ1n) is 6.62. The molecule has 0 aliphatic carbocycles. The van der Waals surface area contributed by atoms with Gasteiger partial charge in [0, 0.05) is 0 Å². The molecule has 0 aromatic carbocycles. The molecule has 0 aliphatic heterocycles. The molecule has 0 amide bonds. The topological polar surface area (TPSA) is 28.2 Å². The van der Waals surface area contributed by atoms with E-state index in [-0.39, 0.29) is 34.1 Å². The van der Waals surface area contributed by atoms with Gasteiger partial charge in [-0.2, -0.15) is 13.1 Å². The number of nitrogens with zero attached hydrogens (tertiary/aromatic N) is 2. The molecule has 0 bridgehead atoms. The monoisotopic (exact) mass is 252 g/mol. The molecular weight excluding hydrogens is 220 g/mol. The minimum Gasteiger partial charge on any atom is -0.657 e. The minimum absolute atomic E-state index is 0. The number of rotatable bonds is 6. The molecule has 2 nitrogen and oxygen atoms in total. The summed E-state index contributed by atoms with van der Waals surface area (Å²) >= 11 is 0. The Labute approximate surface area is 126 Å². The van der Waals surface area contributed by atoms with Crippen molar-refractivity contribution >= 4 is 23.1 Å². The van der Waals surface area contributed by atoms with E-state index >= 15 is 0 Å². The second kappa shape index (κ2) is 11.8. The van der Waals surface area contributed by atoms with Gasteiger partial charge in [0.05, 0.1) is 0 Å². The van der Waals surface area contributed by atoms with Crippen molar-refractivity contribution in [1.29, 1.82) is 0 Å². The summed E-state index contributed by atoms with van der Waals surface area (Å²) in [4.78, 5) is 0. The smallest absolute Gasteiger partial charge is 0.657 e. The van der Waals surface area contributed by atoms with Crippen molar-refractivity contribution in [3.8, 4) is 0 Å². The van der Waals surface area contributed by atoms with Gasteiger partial charge >= 0.3 is 23.1 Å². The Hall–Kier alpha value is 0.686. The SMILES string of the molecule is CC[N-]C(C)(C)CC.CC[N-]C(C)(C)CC.[Mg+2]. The zero-order valence-electron chi connectivity index (χ0n) is 13.4. The first-order chi connectivity index (χ1) is 7.24. The number of hydrogen-bond acceptors (Lipinski definition) is 0. The Morgan fingerprint density at radius 3 is 0.941 bits per heavy atom. The van der Waals surface area contributed by atoms with Crippen LogP contribution in [0.25, 0.3) is 10.6 Å². The molecule has 0 N–H and O–H groups in total. The Kier molecular flexibility index (Phi) is 15.8. The van der Waals surface area contributed by atoms with Crippen LogP contribution in [-0.4, -0.2) is 47.2 Å². The summed E-state index contributed by atoms with van der Waals surface area (Å²) in [6, 6.07) is 0. The van der Waals surface area contributed by atoms with Gasteiger partial charge in [0.15, 0.2) is 0 Å². The normalized spacial score (nSPS) is 11.3. The Balaban J connectivity index is -0.000000218. The average Bonchev–Trinajstić information content (AvgIpc) is 2.19. The molecule has 0 unspecified atom stereocenters. The third kappa shape index (κ3) is 16.7. The van der Waals surface area contributed by atoms with E-state index in [0.29, 0.717) is 0 Å². The first kappa shape index (κ1) is 22.8. The maximum Gasteiger partial charge on any atom is 2.00 e. The maximum absolute atomic E-state index is 4.38. The first-order valence-corrected chi connectivity index (χ1v) is 6.62. The molecule has 17 heavy (non-hydrogen) atoms. The average molecular weight is 253 g/mol. The molecule has 3 heteroatoms.